The van der Waals surface area contributed by atoms with Crippen LogP contribution in [0.3, 0.4) is 0 Å². The zero-order valence-corrected chi connectivity index (χ0v) is 14.2. The molecule has 1 fully saturated rings. The van der Waals surface area contributed by atoms with Crippen LogP contribution < -0.4 is 5.32 Å². The molecular weight excluding hydrogens is 308 g/mol. The van der Waals surface area contributed by atoms with Crippen molar-refractivity contribution in [2.45, 2.75) is 32.7 Å². The molecule has 0 spiro atoms. The van der Waals surface area contributed by atoms with Crippen LogP contribution in [0.2, 0.25) is 5.02 Å². The highest BCUT2D eigenvalue weighted by molar-refractivity contribution is 6.31. The van der Waals surface area contributed by atoms with E-state index >= 15 is 0 Å². The van der Waals surface area contributed by atoms with Crippen LogP contribution in [0.5, 0.6) is 0 Å². The average molecular weight is 329 g/mol. The monoisotopic (exact) mass is 328 g/mol. The highest BCUT2D eigenvalue weighted by atomic mass is 35.5. The van der Waals surface area contributed by atoms with Gasteiger partial charge in [-0.05, 0) is 61.6 Å². The molecule has 4 heteroatoms. The minimum atomic E-state index is -0.0596. The largest absolute Gasteiger partial charge is 0.322 e. The Morgan fingerprint density at radius 1 is 1.17 bits per heavy atom. The van der Waals surface area contributed by atoms with Gasteiger partial charge in [0.15, 0.2) is 0 Å². The maximum atomic E-state index is 12.7. The van der Waals surface area contributed by atoms with E-state index in [0.29, 0.717) is 0 Å². The Bertz CT molecular complexity index is 729. The first-order valence-electron chi connectivity index (χ1n) is 7.95. The van der Waals surface area contributed by atoms with Gasteiger partial charge in [0.05, 0.1) is 6.04 Å². The summed E-state index contributed by atoms with van der Waals surface area (Å²) >= 11 is 6.31. The van der Waals surface area contributed by atoms with Gasteiger partial charge in [-0.2, -0.15) is 0 Å². The smallest absolute Gasteiger partial charge is 0.317 e. The number of anilines is 1. The van der Waals surface area contributed by atoms with Crippen LogP contribution in [0.4, 0.5) is 10.5 Å². The number of rotatable bonds is 2. The molecule has 1 aliphatic rings. The van der Waals surface area contributed by atoms with Crippen molar-refractivity contribution in [1.82, 2.24) is 4.90 Å². The SMILES string of the molecule is Cc1ccc(NC(=O)N2CCCC2c2ccccc2Cl)cc1C. The van der Waals surface area contributed by atoms with Gasteiger partial charge in [-0.15, -0.1) is 0 Å². The molecule has 1 aliphatic heterocycles. The number of nitrogens with zero attached hydrogens (tertiary/aromatic N) is 1. The number of aryl methyl sites for hydroxylation is 2. The zero-order chi connectivity index (χ0) is 16.4. The Kier molecular flexibility index (Phi) is 4.58. The molecule has 2 aromatic rings. The van der Waals surface area contributed by atoms with Crippen molar-refractivity contribution in [3.05, 3.63) is 64.2 Å². The van der Waals surface area contributed by atoms with E-state index in [2.05, 4.69) is 12.2 Å². The summed E-state index contributed by atoms with van der Waals surface area (Å²) in [5.41, 5.74) is 4.26. The third-order valence-corrected chi connectivity index (χ3v) is 4.88. The summed E-state index contributed by atoms with van der Waals surface area (Å²) in [5, 5.41) is 3.74. The molecule has 0 bridgehead atoms. The van der Waals surface area contributed by atoms with E-state index in [0.717, 1.165) is 35.7 Å². The molecule has 0 aliphatic carbocycles. The lowest BCUT2D eigenvalue weighted by Gasteiger charge is -2.26. The molecule has 1 unspecified atom stereocenters. The van der Waals surface area contributed by atoms with Crippen LogP contribution in [0, 0.1) is 13.8 Å². The van der Waals surface area contributed by atoms with Gasteiger partial charge in [0.2, 0.25) is 0 Å². The molecule has 0 radical (unpaired) electrons. The van der Waals surface area contributed by atoms with E-state index in [9.17, 15) is 4.79 Å². The third-order valence-electron chi connectivity index (χ3n) is 4.54. The van der Waals surface area contributed by atoms with E-state index in [4.69, 9.17) is 11.6 Å². The Morgan fingerprint density at radius 3 is 2.70 bits per heavy atom. The van der Waals surface area contributed by atoms with Crippen LogP contribution in [0.15, 0.2) is 42.5 Å². The summed E-state index contributed by atoms with van der Waals surface area (Å²) in [6.45, 7) is 4.87. The summed E-state index contributed by atoms with van der Waals surface area (Å²) in [4.78, 5) is 14.6. The van der Waals surface area contributed by atoms with Crippen LogP contribution >= 0.6 is 11.6 Å². The van der Waals surface area contributed by atoms with E-state index < -0.39 is 0 Å². The second-order valence-electron chi connectivity index (χ2n) is 6.10. The predicted molar refractivity (Wildman–Crippen MR) is 95.1 cm³/mol. The zero-order valence-electron chi connectivity index (χ0n) is 13.5. The standard InChI is InChI=1S/C19H21ClN2O/c1-13-9-10-15(12-14(13)2)21-19(23)22-11-5-8-18(22)16-6-3-4-7-17(16)20/h3-4,6-7,9-10,12,18H,5,8,11H2,1-2H3,(H,21,23). The van der Waals surface area contributed by atoms with Crippen LogP contribution in [-0.4, -0.2) is 17.5 Å². The average Bonchev–Trinajstić information content (AvgIpc) is 3.01. The van der Waals surface area contributed by atoms with Crippen molar-refractivity contribution >= 4 is 23.3 Å². The number of hydrogen-bond acceptors (Lipinski definition) is 1. The number of halogens is 1. The van der Waals surface area contributed by atoms with Crippen molar-refractivity contribution < 1.29 is 4.79 Å². The molecular formula is C19H21ClN2O. The van der Waals surface area contributed by atoms with Gasteiger partial charge in [-0.3, -0.25) is 0 Å². The quantitative estimate of drug-likeness (QED) is 0.794. The molecule has 23 heavy (non-hydrogen) atoms. The van der Waals surface area contributed by atoms with Crippen molar-refractivity contribution in [1.29, 1.82) is 0 Å². The van der Waals surface area contributed by atoms with Gasteiger partial charge in [0.25, 0.3) is 0 Å². The van der Waals surface area contributed by atoms with Gasteiger partial charge in [0.1, 0.15) is 0 Å². The first-order valence-corrected chi connectivity index (χ1v) is 8.33. The first-order chi connectivity index (χ1) is 11.1. The number of likely N-dealkylation sites (tertiary alicyclic amines) is 1. The number of urea groups is 1. The Morgan fingerprint density at radius 2 is 1.96 bits per heavy atom. The molecule has 3 rings (SSSR count). The van der Waals surface area contributed by atoms with Crippen LogP contribution in [-0.2, 0) is 0 Å². The number of hydrogen-bond donors (Lipinski definition) is 1. The van der Waals surface area contributed by atoms with Crippen LogP contribution in [0.25, 0.3) is 0 Å². The normalized spacial score (nSPS) is 17.3. The first kappa shape index (κ1) is 15.9. The number of carbonyl (C=O) groups is 1. The maximum absolute atomic E-state index is 12.7. The third kappa shape index (κ3) is 3.35. The molecule has 2 amide bonds. The highest BCUT2D eigenvalue weighted by Gasteiger charge is 2.31. The number of amides is 2. The van der Waals surface area contributed by atoms with E-state index in [1.165, 1.54) is 11.1 Å². The summed E-state index contributed by atoms with van der Waals surface area (Å²) < 4.78 is 0. The second kappa shape index (κ2) is 6.63. The van der Waals surface area contributed by atoms with Gasteiger partial charge in [0, 0.05) is 17.3 Å². The fourth-order valence-electron chi connectivity index (χ4n) is 3.09. The fraction of sp³-hybridized carbons (Fsp3) is 0.316. The highest BCUT2D eigenvalue weighted by Crippen LogP contribution is 2.36. The molecule has 0 aromatic heterocycles. The molecule has 2 aromatic carbocycles. The van der Waals surface area contributed by atoms with E-state index in [1.807, 2.05) is 54.3 Å². The lowest BCUT2D eigenvalue weighted by molar-refractivity contribution is 0.207. The van der Waals surface area contributed by atoms with Gasteiger partial charge < -0.3 is 10.2 Å². The molecule has 1 atom stereocenters. The minimum Gasteiger partial charge on any atom is -0.317 e. The van der Waals surface area contributed by atoms with E-state index in [1.54, 1.807) is 0 Å². The minimum absolute atomic E-state index is 0.0512. The molecule has 1 N–H and O–H groups in total. The fourth-order valence-corrected chi connectivity index (χ4v) is 3.35. The maximum Gasteiger partial charge on any atom is 0.322 e. The van der Waals surface area contributed by atoms with Gasteiger partial charge in [-0.1, -0.05) is 35.9 Å². The topological polar surface area (TPSA) is 32.3 Å². The number of benzene rings is 2. The van der Waals surface area contributed by atoms with Crippen LogP contribution in [0.1, 0.15) is 35.6 Å². The Hall–Kier alpha value is -2.00. The van der Waals surface area contributed by atoms with Gasteiger partial charge >= 0.3 is 6.03 Å². The molecule has 1 heterocycles. The van der Waals surface area contributed by atoms with Crippen molar-refractivity contribution in [3.63, 3.8) is 0 Å². The Balaban J connectivity index is 1.78. The van der Waals surface area contributed by atoms with Crippen molar-refractivity contribution in [2.24, 2.45) is 0 Å². The summed E-state index contributed by atoms with van der Waals surface area (Å²) in [7, 11) is 0. The Labute approximate surface area is 142 Å². The predicted octanol–water partition coefficient (Wildman–Crippen LogP) is 5.33. The lowest BCUT2D eigenvalue weighted by atomic mass is 10.0. The second-order valence-corrected chi connectivity index (χ2v) is 6.51. The van der Waals surface area contributed by atoms with Gasteiger partial charge in [-0.25, -0.2) is 4.79 Å². The lowest BCUT2D eigenvalue weighted by Crippen LogP contribution is -2.34. The van der Waals surface area contributed by atoms with Crippen molar-refractivity contribution in [3.8, 4) is 0 Å². The molecule has 3 nitrogen and oxygen atoms in total. The molecule has 120 valence electrons. The number of nitrogens with one attached hydrogen (secondary N) is 1. The molecule has 0 saturated carbocycles. The summed E-state index contributed by atoms with van der Waals surface area (Å²) in [6, 6.07) is 13.8. The van der Waals surface area contributed by atoms with E-state index in [-0.39, 0.29) is 12.1 Å². The van der Waals surface area contributed by atoms with Crippen molar-refractivity contribution in [2.75, 3.05) is 11.9 Å². The number of carbonyl (C=O) groups excluding carboxylic acids is 1. The summed E-state index contributed by atoms with van der Waals surface area (Å²) in [6.07, 6.45) is 1.94. The summed E-state index contributed by atoms with van der Waals surface area (Å²) in [5.74, 6) is 0. The molecule has 1 saturated heterocycles.